The minimum absolute atomic E-state index is 0.00925. The van der Waals surface area contributed by atoms with Crippen molar-refractivity contribution in [1.29, 1.82) is 0 Å². The third kappa shape index (κ3) is 5.41. The molecule has 9 heteroatoms. The molecule has 0 saturated heterocycles. The molecule has 30 heavy (non-hydrogen) atoms. The van der Waals surface area contributed by atoms with Crippen LogP contribution in [0.15, 0.2) is 0 Å². The lowest BCUT2D eigenvalue weighted by Gasteiger charge is -2.26. The number of carbonyl (C=O) groups is 4. The van der Waals surface area contributed by atoms with Gasteiger partial charge in [-0.2, -0.15) is 0 Å². The maximum Gasteiger partial charge on any atom is 0.341 e. The van der Waals surface area contributed by atoms with E-state index in [2.05, 4.69) is 5.32 Å². The van der Waals surface area contributed by atoms with Gasteiger partial charge in [-0.25, -0.2) is 4.79 Å². The standard InChI is InChI=1S/C21H29ClN2O6/c1-20(2,3)30-13(25)9-10-21(4,5)23-18(27)17(26)16-15(22)14(19(28)29-6)12-8-7-11-24(12)16/h7-11H2,1-6H3,(H,23,27). The number of Topliss-reactive ketones (excluding diaryl/α,β-unsaturated/α-hetero) is 1. The maximum absolute atomic E-state index is 12.9. The number of fused-ring (bicyclic) bond motifs is 1. The van der Waals surface area contributed by atoms with E-state index in [1.165, 1.54) is 7.11 Å². The third-order valence-corrected chi connectivity index (χ3v) is 5.11. The van der Waals surface area contributed by atoms with Crippen molar-refractivity contribution in [3.63, 3.8) is 0 Å². The molecule has 8 nitrogen and oxygen atoms in total. The van der Waals surface area contributed by atoms with Crippen molar-refractivity contribution in [2.45, 2.75) is 78.0 Å². The molecule has 1 aliphatic heterocycles. The highest BCUT2D eigenvalue weighted by atomic mass is 35.5. The van der Waals surface area contributed by atoms with E-state index < -0.39 is 28.8 Å². The second kappa shape index (κ2) is 8.79. The molecule has 0 aliphatic carbocycles. The molecule has 0 radical (unpaired) electrons. The Morgan fingerprint density at radius 1 is 1.13 bits per heavy atom. The van der Waals surface area contributed by atoms with E-state index in [0.717, 1.165) is 6.42 Å². The van der Waals surface area contributed by atoms with Gasteiger partial charge in [0.2, 0.25) is 0 Å². The van der Waals surface area contributed by atoms with E-state index in [4.69, 9.17) is 21.1 Å². The highest BCUT2D eigenvalue weighted by molar-refractivity contribution is 6.47. The number of ketones is 1. The summed E-state index contributed by atoms with van der Waals surface area (Å²) in [6.45, 7) is 9.25. The van der Waals surface area contributed by atoms with Crippen LogP contribution < -0.4 is 5.32 Å². The zero-order valence-corrected chi connectivity index (χ0v) is 19.1. The van der Waals surface area contributed by atoms with Gasteiger partial charge >= 0.3 is 11.9 Å². The number of methoxy groups -OCH3 is 1. The number of nitrogens with zero attached hydrogens (tertiary/aromatic N) is 1. The first-order valence-corrected chi connectivity index (χ1v) is 10.2. The van der Waals surface area contributed by atoms with Gasteiger partial charge in [-0.15, -0.1) is 0 Å². The SMILES string of the molecule is COC(=O)c1c(Cl)c(C(=O)C(=O)NC(C)(C)CCC(=O)OC(C)(C)C)n2c1CCC2. The largest absolute Gasteiger partial charge is 0.465 e. The number of esters is 2. The Hall–Kier alpha value is -2.35. The number of hydrogen-bond acceptors (Lipinski definition) is 6. The number of aromatic nitrogens is 1. The summed E-state index contributed by atoms with van der Waals surface area (Å²) in [5.41, 5.74) is -0.694. The highest BCUT2D eigenvalue weighted by Crippen LogP contribution is 2.34. The Bertz CT molecular complexity index is 879. The lowest BCUT2D eigenvalue weighted by atomic mass is 9.97. The summed E-state index contributed by atoms with van der Waals surface area (Å²) in [6, 6.07) is 0. The van der Waals surface area contributed by atoms with Crippen molar-refractivity contribution in [2.75, 3.05) is 7.11 Å². The zero-order chi connectivity index (χ0) is 22.9. The van der Waals surface area contributed by atoms with Gasteiger partial charge in [0.05, 0.1) is 17.7 Å². The van der Waals surface area contributed by atoms with Crippen LogP contribution in [0.4, 0.5) is 0 Å². The second-order valence-corrected chi connectivity index (χ2v) is 9.36. The molecule has 2 rings (SSSR count). The number of carbonyl (C=O) groups excluding carboxylic acids is 4. The number of rotatable bonds is 7. The molecule has 166 valence electrons. The van der Waals surface area contributed by atoms with Crippen LogP contribution in [0.2, 0.25) is 5.02 Å². The summed E-state index contributed by atoms with van der Waals surface area (Å²) in [6.07, 6.45) is 1.68. The predicted molar refractivity (Wildman–Crippen MR) is 111 cm³/mol. The Morgan fingerprint density at radius 2 is 1.77 bits per heavy atom. The van der Waals surface area contributed by atoms with E-state index in [1.54, 1.807) is 39.2 Å². The van der Waals surface area contributed by atoms with E-state index >= 15 is 0 Å². The number of halogens is 1. The first-order chi connectivity index (χ1) is 13.8. The molecule has 0 fully saturated rings. The smallest absolute Gasteiger partial charge is 0.341 e. The molecule has 0 bridgehead atoms. The number of ether oxygens (including phenoxy) is 2. The van der Waals surface area contributed by atoms with Crippen molar-refractivity contribution in [2.24, 2.45) is 0 Å². The van der Waals surface area contributed by atoms with E-state index in [9.17, 15) is 19.2 Å². The Labute approximate surface area is 181 Å². The molecule has 0 spiro atoms. The minimum Gasteiger partial charge on any atom is -0.465 e. The molecular formula is C21H29ClN2O6. The molecule has 1 aliphatic rings. The van der Waals surface area contributed by atoms with Crippen LogP contribution >= 0.6 is 11.6 Å². The van der Waals surface area contributed by atoms with Gasteiger partial charge in [-0.1, -0.05) is 11.6 Å². The van der Waals surface area contributed by atoms with E-state index in [1.807, 2.05) is 0 Å². The third-order valence-electron chi connectivity index (χ3n) is 4.74. The van der Waals surface area contributed by atoms with Gasteiger partial charge in [0.1, 0.15) is 11.3 Å². The average molecular weight is 441 g/mol. The number of nitrogens with one attached hydrogen (secondary N) is 1. The molecule has 0 saturated carbocycles. The lowest BCUT2D eigenvalue weighted by Crippen LogP contribution is -2.47. The molecule has 0 aromatic carbocycles. The van der Waals surface area contributed by atoms with Gasteiger partial charge in [0.25, 0.3) is 11.7 Å². The molecular weight excluding hydrogens is 412 g/mol. The average Bonchev–Trinajstić information content (AvgIpc) is 3.16. The van der Waals surface area contributed by atoms with Crippen LogP contribution in [0.1, 0.15) is 80.4 Å². The van der Waals surface area contributed by atoms with Gasteiger partial charge in [0, 0.05) is 24.2 Å². The highest BCUT2D eigenvalue weighted by Gasteiger charge is 2.36. The monoisotopic (exact) mass is 440 g/mol. The molecule has 2 heterocycles. The van der Waals surface area contributed by atoms with E-state index in [-0.39, 0.29) is 35.1 Å². The first kappa shape index (κ1) is 23.9. The molecule has 1 aromatic heterocycles. The first-order valence-electron chi connectivity index (χ1n) is 9.85. The van der Waals surface area contributed by atoms with Crippen LogP contribution in [-0.4, -0.2) is 46.4 Å². The Morgan fingerprint density at radius 3 is 2.33 bits per heavy atom. The second-order valence-electron chi connectivity index (χ2n) is 8.98. The van der Waals surface area contributed by atoms with Crippen molar-refractivity contribution < 1.29 is 28.7 Å². The molecule has 0 unspecified atom stereocenters. The zero-order valence-electron chi connectivity index (χ0n) is 18.3. The van der Waals surface area contributed by atoms with Crippen LogP contribution in [0.25, 0.3) is 0 Å². The topological polar surface area (TPSA) is 104 Å². The predicted octanol–water partition coefficient (Wildman–Crippen LogP) is 3.07. The van der Waals surface area contributed by atoms with Crippen LogP contribution in [0.3, 0.4) is 0 Å². The normalized spacial score (nSPS) is 13.6. The summed E-state index contributed by atoms with van der Waals surface area (Å²) in [4.78, 5) is 49.6. The Balaban J connectivity index is 2.14. The van der Waals surface area contributed by atoms with Crippen molar-refractivity contribution >= 4 is 35.2 Å². The summed E-state index contributed by atoms with van der Waals surface area (Å²) in [5.74, 6) is -2.70. The van der Waals surface area contributed by atoms with Gasteiger partial charge in [-0.05, 0) is 53.9 Å². The fraction of sp³-hybridized carbons (Fsp3) is 0.619. The van der Waals surface area contributed by atoms with Crippen LogP contribution in [0.5, 0.6) is 0 Å². The minimum atomic E-state index is -0.852. The van der Waals surface area contributed by atoms with Crippen molar-refractivity contribution in [1.82, 2.24) is 9.88 Å². The van der Waals surface area contributed by atoms with Crippen LogP contribution in [0, 0.1) is 0 Å². The molecule has 1 amide bonds. The maximum atomic E-state index is 12.9. The number of hydrogen-bond donors (Lipinski definition) is 1. The summed E-state index contributed by atoms with van der Waals surface area (Å²) >= 11 is 6.31. The summed E-state index contributed by atoms with van der Waals surface area (Å²) in [7, 11) is 1.24. The Kier molecular flexibility index (Phi) is 7.01. The van der Waals surface area contributed by atoms with Gasteiger partial charge < -0.3 is 19.4 Å². The van der Waals surface area contributed by atoms with Gasteiger partial charge in [0.15, 0.2) is 0 Å². The number of amides is 1. The fourth-order valence-corrected chi connectivity index (χ4v) is 3.79. The van der Waals surface area contributed by atoms with Crippen molar-refractivity contribution in [3.05, 3.63) is 22.0 Å². The van der Waals surface area contributed by atoms with Crippen LogP contribution in [-0.2, 0) is 32.0 Å². The molecule has 1 N–H and O–H groups in total. The lowest BCUT2D eigenvalue weighted by molar-refractivity contribution is -0.155. The fourth-order valence-electron chi connectivity index (χ4n) is 3.42. The van der Waals surface area contributed by atoms with Crippen molar-refractivity contribution in [3.8, 4) is 0 Å². The molecule has 1 aromatic rings. The summed E-state index contributed by atoms with van der Waals surface area (Å²) < 4.78 is 11.7. The van der Waals surface area contributed by atoms with E-state index in [0.29, 0.717) is 18.7 Å². The quantitative estimate of drug-likeness (QED) is 0.397. The van der Waals surface area contributed by atoms with Gasteiger partial charge in [-0.3, -0.25) is 14.4 Å². The molecule has 0 atom stereocenters. The summed E-state index contributed by atoms with van der Waals surface area (Å²) in [5, 5.41) is 2.59.